The van der Waals surface area contributed by atoms with Crippen LogP contribution in [0.4, 0.5) is 5.69 Å². The van der Waals surface area contributed by atoms with Gasteiger partial charge in [-0.1, -0.05) is 42.5 Å². The van der Waals surface area contributed by atoms with Crippen LogP contribution in [0.1, 0.15) is 17.4 Å². The number of amides is 1. The first-order chi connectivity index (χ1) is 10.3. The average molecular weight is 276 g/mol. The summed E-state index contributed by atoms with van der Waals surface area (Å²) >= 11 is 0. The molecule has 0 aliphatic carbocycles. The Bertz CT molecular complexity index is 763. The molecule has 104 valence electrons. The van der Waals surface area contributed by atoms with E-state index < -0.39 is 0 Å². The van der Waals surface area contributed by atoms with E-state index in [1.807, 2.05) is 67.6 Å². The first-order valence-electron chi connectivity index (χ1n) is 7.02. The summed E-state index contributed by atoms with van der Waals surface area (Å²) in [6.07, 6.45) is 1.69. The third kappa shape index (κ3) is 2.50. The zero-order valence-corrected chi connectivity index (χ0v) is 11.9. The van der Waals surface area contributed by atoms with Crippen LogP contribution in [0.15, 0.2) is 66.9 Å². The second kappa shape index (κ2) is 5.75. The van der Waals surface area contributed by atoms with Crippen LogP contribution in [0.5, 0.6) is 0 Å². The van der Waals surface area contributed by atoms with Crippen molar-refractivity contribution in [2.45, 2.75) is 6.92 Å². The van der Waals surface area contributed by atoms with Crippen molar-refractivity contribution in [1.29, 1.82) is 0 Å². The van der Waals surface area contributed by atoms with Gasteiger partial charge < -0.3 is 4.90 Å². The van der Waals surface area contributed by atoms with Gasteiger partial charge in [-0.2, -0.15) is 0 Å². The van der Waals surface area contributed by atoms with E-state index in [1.165, 1.54) is 0 Å². The fourth-order valence-corrected chi connectivity index (χ4v) is 2.47. The number of para-hydroxylation sites is 1. The maximum Gasteiger partial charge on any atom is 0.277 e. The average Bonchev–Trinajstić information content (AvgIpc) is 2.56. The number of nitrogens with zero attached hydrogens (tertiary/aromatic N) is 2. The lowest BCUT2D eigenvalue weighted by Gasteiger charge is -2.21. The molecular weight excluding hydrogens is 260 g/mol. The minimum Gasteiger partial charge on any atom is -0.307 e. The highest BCUT2D eigenvalue weighted by Crippen LogP contribution is 2.21. The highest BCUT2D eigenvalue weighted by Gasteiger charge is 2.19. The summed E-state index contributed by atoms with van der Waals surface area (Å²) in [5, 5.41) is 1.92. The molecule has 3 heteroatoms. The number of carbonyl (C=O) groups is 1. The van der Waals surface area contributed by atoms with Crippen LogP contribution >= 0.6 is 0 Å². The number of aromatic nitrogens is 1. The Morgan fingerprint density at radius 3 is 2.48 bits per heavy atom. The summed E-state index contributed by atoms with van der Waals surface area (Å²) in [6, 6.07) is 19.4. The quantitative estimate of drug-likeness (QED) is 0.727. The summed E-state index contributed by atoms with van der Waals surface area (Å²) < 4.78 is 0. The molecule has 21 heavy (non-hydrogen) atoms. The molecule has 1 aromatic heterocycles. The fraction of sp³-hybridized carbons (Fsp3) is 0.111. The number of carbonyl (C=O) groups excluding carboxylic acids is 1. The van der Waals surface area contributed by atoms with Crippen LogP contribution in [-0.4, -0.2) is 17.4 Å². The van der Waals surface area contributed by atoms with E-state index in [1.54, 1.807) is 11.1 Å². The van der Waals surface area contributed by atoms with E-state index in [2.05, 4.69) is 4.98 Å². The van der Waals surface area contributed by atoms with Gasteiger partial charge in [-0.3, -0.25) is 9.78 Å². The van der Waals surface area contributed by atoms with Crippen molar-refractivity contribution in [2.24, 2.45) is 0 Å². The van der Waals surface area contributed by atoms with E-state index in [0.717, 1.165) is 16.5 Å². The molecule has 0 bridgehead atoms. The Kier molecular flexibility index (Phi) is 3.65. The summed E-state index contributed by atoms with van der Waals surface area (Å²) in [5.74, 6) is -0.0690. The van der Waals surface area contributed by atoms with Gasteiger partial charge in [0.2, 0.25) is 0 Å². The van der Waals surface area contributed by atoms with Gasteiger partial charge >= 0.3 is 0 Å². The SMILES string of the molecule is CCN(C(=O)c1nccc2ccccc12)c1ccccc1. The van der Waals surface area contributed by atoms with Gasteiger partial charge in [0.25, 0.3) is 5.91 Å². The van der Waals surface area contributed by atoms with Gasteiger partial charge in [-0.25, -0.2) is 0 Å². The molecule has 0 aliphatic rings. The number of benzene rings is 2. The Hall–Kier alpha value is -2.68. The Balaban J connectivity index is 2.07. The van der Waals surface area contributed by atoms with Crippen molar-refractivity contribution in [3.05, 3.63) is 72.6 Å². The molecule has 0 N–H and O–H groups in total. The van der Waals surface area contributed by atoms with E-state index in [9.17, 15) is 4.79 Å². The summed E-state index contributed by atoms with van der Waals surface area (Å²) in [5.41, 5.74) is 1.39. The molecule has 0 aliphatic heterocycles. The second-order valence-electron chi connectivity index (χ2n) is 4.77. The Morgan fingerprint density at radius 1 is 1.00 bits per heavy atom. The van der Waals surface area contributed by atoms with Crippen molar-refractivity contribution in [3.8, 4) is 0 Å². The lowest BCUT2D eigenvalue weighted by molar-refractivity contribution is 0.0985. The standard InChI is InChI=1S/C18H16N2O/c1-2-20(15-9-4-3-5-10-15)18(21)17-16-11-7-6-8-14(16)12-13-19-17/h3-13H,2H2,1H3. The summed E-state index contributed by atoms with van der Waals surface area (Å²) in [4.78, 5) is 18.9. The van der Waals surface area contributed by atoms with E-state index in [4.69, 9.17) is 0 Å². The predicted octanol–water partition coefficient (Wildman–Crippen LogP) is 3.90. The molecular formula is C18H16N2O. The third-order valence-electron chi connectivity index (χ3n) is 3.51. The fourth-order valence-electron chi connectivity index (χ4n) is 2.47. The van der Waals surface area contributed by atoms with Gasteiger partial charge in [0.05, 0.1) is 0 Å². The molecule has 0 fully saturated rings. The lowest BCUT2D eigenvalue weighted by Crippen LogP contribution is -2.31. The zero-order chi connectivity index (χ0) is 14.7. The van der Waals surface area contributed by atoms with E-state index in [-0.39, 0.29) is 5.91 Å². The van der Waals surface area contributed by atoms with Crippen molar-refractivity contribution >= 4 is 22.4 Å². The van der Waals surface area contributed by atoms with Crippen molar-refractivity contribution in [1.82, 2.24) is 4.98 Å². The van der Waals surface area contributed by atoms with Crippen LogP contribution in [0.25, 0.3) is 10.8 Å². The first-order valence-corrected chi connectivity index (χ1v) is 7.02. The van der Waals surface area contributed by atoms with Crippen LogP contribution in [0, 0.1) is 0 Å². The van der Waals surface area contributed by atoms with Gasteiger partial charge in [-0.05, 0) is 30.5 Å². The number of rotatable bonds is 3. The molecule has 3 rings (SSSR count). The monoisotopic (exact) mass is 276 g/mol. The van der Waals surface area contributed by atoms with Gasteiger partial charge in [0.15, 0.2) is 0 Å². The van der Waals surface area contributed by atoms with Crippen LogP contribution in [-0.2, 0) is 0 Å². The normalized spacial score (nSPS) is 10.5. The van der Waals surface area contributed by atoms with Gasteiger partial charge in [0.1, 0.15) is 5.69 Å². The molecule has 0 saturated heterocycles. The summed E-state index contributed by atoms with van der Waals surface area (Å²) in [6.45, 7) is 2.57. The third-order valence-corrected chi connectivity index (χ3v) is 3.51. The summed E-state index contributed by atoms with van der Waals surface area (Å²) in [7, 11) is 0. The van der Waals surface area contributed by atoms with Crippen LogP contribution < -0.4 is 4.90 Å². The van der Waals surface area contributed by atoms with Crippen molar-refractivity contribution in [2.75, 3.05) is 11.4 Å². The molecule has 0 radical (unpaired) electrons. The molecule has 1 heterocycles. The smallest absolute Gasteiger partial charge is 0.277 e. The molecule has 0 saturated carbocycles. The molecule has 1 amide bonds. The molecule has 0 unspecified atom stereocenters. The molecule has 3 aromatic rings. The maximum absolute atomic E-state index is 12.9. The number of anilines is 1. The minimum atomic E-state index is -0.0690. The Morgan fingerprint density at radius 2 is 1.71 bits per heavy atom. The largest absolute Gasteiger partial charge is 0.307 e. The van der Waals surface area contributed by atoms with E-state index in [0.29, 0.717) is 12.2 Å². The zero-order valence-electron chi connectivity index (χ0n) is 11.9. The van der Waals surface area contributed by atoms with Gasteiger partial charge in [0, 0.05) is 23.8 Å². The highest BCUT2D eigenvalue weighted by molar-refractivity contribution is 6.12. The van der Waals surface area contributed by atoms with Crippen LogP contribution in [0.3, 0.4) is 0 Å². The topological polar surface area (TPSA) is 33.2 Å². The second-order valence-corrected chi connectivity index (χ2v) is 4.77. The number of hydrogen-bond donors (Lipinski definition) is 0. The molecule has 0 atom stereocenters. The minimum absolute atomic E-state index is 0.0690. The highest BCUT2D eigenvalue weighted by atomic mass is 16.2. The van der Waals surface area contributed by atoms with Crippen molar-refractivity contribution < 1.29 is 4.79 Å². The van der Waals surface area contributed by atoms with E-state index >= 15 is 0 Å². The number of hydrogen-bond acceptors (Lipinski definition) is 2. The molecule has 2 aromatic carbocycles. The number of pyridine rings is 1. The Labute approximate surface area is 123 Å². The van der Waals surface area contributed by atoms with Crippen molar-refractivity contribution in [3.63, 3.8) is 0 Å². The first kappa shape index (κ1) is 13.3. The van der Waals surface area contributed by atoms with Gasteiger partial charge in [-0.15, -0.1) is 0 Å². The van der Waals surface area contributed by atoms with Crippen LogP contribution in [0.2, 0.25) is 0 Å². The predicted molar refractivity (Wildman–Crippen MR) is 85.5 cm³/mol. The lowest BCUT2D eigenvalue weighted by atomic mass is 10.1. The number of fused-ring (bicyclic) bond motifs is 1. The molecule has 3 nitrogen and oxygen atoms in total. The molecule has 0 spiro atoms. The maximum atomic E-state index is 12.9.